The third-order valence-corrected chi connectivity index (χ3v) is 3.59. The summed E-state index contributed by atoms with van der Waals surface area (Å²) in [7, 11) is 2.12. The minimum atomic E-state index is 0.566. The fourth-order valence-electron chi connectivity index (χ4n) is 2.21. The maximum absolute atomic E-state index is 6.04. The molecule has 1 fully saturated rings. The van der Waals surface area contributed by atoms with Gasteiger partial charge in [0.15, 0.2) is 0 Å². The molecule has 1 aliphatic rings. The largest absolute Gasteiger partial charge is 0.368 e. The van der Waals surface area contributed by atoms with E-state index < -0.39 is 0 Å². The summed E-state index contributed by atoms with van der Waals surface area (Å²) in [6, 6.07) is 6.18. The van der Waals surface area contributed by atoms with Crippen LogP contribution >= 0.6 is 0 Å². The molecule has 3 N–H and O–H groups in total. The quantitative estimate of drug-likeness (QED) is 0.477. The van der Waals surface area contributed by atoms with E-state index in [-0.39, 0.29) is 0 Å². The van der Waals surface area contributed by atoms with E-state index in [0.717, 1.165) is 31.9 Å². The van der Waals surface area contributed by atoms with Gasteiger partial charge < -0.3 is 15.5 Å². The molecule has 0 amide bonds. The maximum atomic E-state index is 6.04. The standard InChI is InChI=1S/C14H23N5/c1-11-5-4-6-12(2)13(11)16-17-14(15)19-9-7-18(3)8-10-19/h4-6,16H,7-10H2,1-3H3,(H2,15,17). The average molecular weight is 261 g/mol. The Morgan fingerprint density at radius 1 is 1.16 bits per heavy atom. The van der Waals surface area contributed by atoms with Crippen LogP contribution in [0.2, 0.25) is 0 Å². The number of nitrogens with two attached hydrogens (primary N) is 1. The van der Waals surface area contributed by atoms with Gasteiger partial charge in [-0.3, -0.25) is 5.43 Å². The third kappa shape index (κ3) is 3.38. The second-order valence-corrected chi connectivity index (χ2v) is 5.14. The molecule has 0 aliphatic carbocycles. The van der Waals surface area contributed by atoms with E-state index in [1.807, 2.05) is 6.07 Å². The monoisotopic (exact) mass is 261 g/mol. The van der Waals surface area contributed by atoms with Gasteiger partial charge in [0.1, 0.15) is 0 Å². The Bertz CT molecular complexity index is 441. The summed E-state index contributed by atoms with van der Waals surface area (Å²) < 4.78 is 0. The topological polar surface area (TPSA) is 56.9 Å². The van der Waals surface area contributed by atoms with Gasteiger partial charge in [0.05, 0.1) is 5.69 Å². The van der Waals surface area contributed by atoms with Gasteiger partial charge in [0, 0.05) is 26.2 Å². The van der Waals surface area contributed by atoms with Crippen LogP contribution in [0, 0.1) is 13.8 Å². The van der Waals surface area contributed by atoms with E-state index >= 15 is 0 Å². The van der Waals surface area contributed by atoms with Crippen LogP contribution < -0.4 is 11.2 Å². The number of piperazine rings is 1. The van der Waals surface area contributed by atoms with Gasteiger partial charge in [-0.2, -0.15) is 0 Å². The number of benzene rings is 1. The lowest BCUT2D eigenvalue weighted by atomic mass is 10.1. The number of likely N-dealkylation sites (N-methyl/N-ethyl adjacent to an activating group) is 1. The Hall–Kier alpha value is -1.75. The molecule has 19 heavy (non-hydrogen) atoms. The first-order valence-electron chi connectivity index (χ1n) is 6.67. The van der Waals surface area contributed by atoms with Crippen molar-refractivity contribution in [2.45, 2.75) is 13.8 Å². The van der Waals surface area contributed by atoms with Crippen LogP contribution in [-0.4, -0.2) is 49.0 Å². The molecule has 2 rings (SSSR count). The lowest BCUT2D eigenvalue weighted by molar-refractivity contribution is 0.214. The zero-order chi connectivity index (χ0) is 13.8. The summed E-state index contributed by atoms with van der Waals surface area (Å²) in [5.41, 5.74) is 12.5. The van der Waals surface area contributed by atoms with E-state index in [1.165, 1.54) is 11.1 Å². The van der Waals surface area contributed by atoms with Crippen LogP contribution in [0.15, 0.2) is 23.3 Å². The smallest absolute Gasteiger partial charge is 0.214 e. The Balaban J connectivity index is 2.02. The van der Waals surface area contributed by atoms with Gasteiger partial charge in [-0.15, -0.1) is 5.10 Å². The third-order valence-electron chi connectivity index (χ3n) is 3.59. The summed E-state index contributed by atoms with van der Waals surface area (Å²) >= 11 is 0. The van der Waals surface area contributed by atoms with Crippen molar-refractivity contribution in [3.8, 4) is 0 Å². The Morgan fingerprint density at radius 2 is 1.74 bits per heavy atom. The van der Waals surface area contributed by atoms with Gasteiger partial charge >= 0.3 is 0 Å². The summed E-state index contributed by atoms with van der Waals surface area (Å²) in [6.45, 7) is 8.05. The first kappa shape index (κ1) is 13.7. The number of para-hydroxylation sites is 1. The highest BCUT2D eigenvalue weighted by Gasteiger charge is 2.15. The van der Waals surface area contributed by atoms with Crippen molar-refractivity contribution in [3.63, 3.8) is 0 Å². The fourth-order valence-corrected chi connectivity index (χ4v) is 2.21. The minimum Gasteiger partial charge on any atom is -0.368 e. The van der Waals surface area contributed by atoms with Crippen molar-refractivity contribution < 1.29 is 0 Å². The maximum Gasteiger partial charge on any atom is 0.214 e. The molecule has 1 aliphatic heterocycles. The second kappa shape index (κ2) is 5.93. The van der Waals surface area contributed by atoms with Crippen LogP contribution in [0.1, 0.15) is 11.1 Å². The Kier molecular flexibility index (Phi) is 4.27. The number of anilines is 1. The lowest BCUT2D eigenvalue weighted by Crippen LogP contribution is -2.50. The highest BCUT2D eigenvalue weighted by Crippen LogP contribution is 2.19. The van der Waals surface area contributed by atoms with Gasteiger partial charge in [0.25, 0.3) is 0 Å². The molecular formula is C14H23N5. The predicted octanol–water partition coefficient (Wildman–Crippen LogP) is 1.19. The first-order chi connectivity index (χ1) is 9.08. The van der Waals surface area contributed by atoms with Crippen LogP contribution in [-0.2, 0) is 0 Å². The van der Waals surface area contributed by atoms with E-state index in [1.54, 1.807) is 0 Å². The summed E-state index contributed by atoms with van der Waals surface area (Å²) in [4.78, 5) is 4.41. The molecule has 104 valence electrons. The van der Waals surface area contributed by atoms with Crippen LogP contribution in [0.3, 0.4) is 0 Å². The molecule has 1 heterocycles. The number of guanidine groups is 1. The van der Waals surface area contributed by atoms with Gasteiger partial charge in [0.2, 0.25) is 5.96 Å². The number of rotatable bonds is 2. The van der Waals surface area contributed by atoms with Crippen LogP contribution in [0.25, 0.3) is 0 Å². The Labute approximate surface area is 115 Å². The Morgan fingerprint density at radius 3 is 2.32 bits per heavy atom. The molecule has 0 bridgehead atoms. The second-order valence-electron chi connectivity index (χ2n) is 5.14. The number of nitrogens with one attached hydrogen (secondary N) is 1. The van der Waals surface area contributed by atoms with Crippen molar-refractivity contribution in [3.05, 3.63) is 29.3 Å². The fraction of sp³-hybridized carbons (Fsp3) is 0.500. The lowest BCUT2D eigenvalue weighted by Gasteiger charge is -2.32. The number of aryl methyl sites for hydroxylation is 2. The number of hydrogen-bond acceptors (Lipinski definition) is 3. The van der Waals surface area contributed by atoms with E-state index in [9.17, 15) is 0 Å². The van der Waals surface area contributed by atoms with Crippen molar-refractivity contribution in [2.75, 3.05) is 38.7 Å². The summed E-state index contributed by atoms with van der Waals surface area (Å²) in [6.07, 6.45) is 0. The van der Waals surface area contributed by atoms with Crippen molar-refractivity contribution in [1.29, 1.82) is 0 Å². The molecule has 0 unspecified atom stereocenters. The van der Waals surface area contributed by atoms with Crippen molar-refractivity contribution >= 4 is 11.6 Å². The molecule has 0 aromatic heterocycles. The minimum absolute atomic E-state index is 0.566. The summed E-state index contributed by atoms with van der Waals surface area (Å²) in [5, 5.41) is 4.32. The van der Waals surface area contributed by atoms with Crippen molar-refractivity contribution in [2.24, 2.45) is 10.8 Å². The molecule has 0 atom stereocenters. The molecule has 0 radical (unpaired) electrons. The molecule has 1 aromatic rings. The molecule has 0 saturated carbocycles. The SMILES string of the molecule is Cc1cccc(C)c1N/N=C(\N)N1CCN(C)CC1. The van der Waals surface area contributed by atoms with Gasteiger partial charge in [-0.05, 0) is 32.0 Å². The van der Waals surface area contributed by atoms with Gasteiger partial charge in [-0.25, -0.2) is 0 Å². The zero-order valence-corrected chi connectivity index (χ0v) is 12.0. The zero-order valence-electron chi connectivity index (χ0n) is 12.0. The molecular weight excluding hydrogens is 238 g/mol. The normalized spacial score (nSPS) is 17.6. The van der Waals surface area contributed by atoms with Crippen LogP contribution in [0.5, 0.6) is 0 Å². The summed E-state index contributed by atoms with van der Waals surface area (Å²) in [5.74, 6) is 0.566. The molecule has 1 saturated heterocycles. The average Bonchev–Trinajstić information content (AvgIpc) is 2.38. The number of hydrazone groups is 1. The molecule has 0 spiro atoms. The number of nitrogens with zero attached hydrogens (tertiary/aromatic N) is 3. The van der Waals surface area contributed by atoms with E-state index in [4.69, 9.17) is 5.73 Å². The van der Waals surface area contributed by atoms with Crippen molar-refractivity contribution in [1.82, 2.24) is 9.80 Å². The van der Waals surface area contributed by atoms with E-state index in [0.29, 0.717) is 5.96 Å². The molecule has 1 aromatic carbocycles. The van der Waals surface area contributed by atoms with Gasteiger partial charge in [-0.1, -0.05) is 18.2 Å². The molecule has 5 heteroatoms. The van der Waals surface area contributed by atoms with Crippen LogP contribution in [0.4, 0.5) is 5.69 Å². The number of hydrogen-bond donors (Lipinski definition) is 2. The highest BCUT2D eigenvalue weighted by atomic mass is 15.4. The highest BCUT2D eigenvalue weighted by molar-refractivity contribution is 5.79. The predicted molar refractivity (Wildman–Crippen MR) is 80.2 cm³/mol. The van der Waals surface area contributed by atoms with E-state index in [2.05, 4.69) is 53.4 Å². The first-order valence-corrected chi connectivity index (χ1v) is 6.67. The molecule has 5 nitrogen and oxygen atoms in total.